The minimum atomic E-state index is -0.0464. The standard InChI is InChI=1S/C11H14N2O2/c1-14-10-5-3-2-4-8(10)9-6-15-7-11(12)13-9/h2-5,9H,6-7H2,1H3,(H2,12,13)/t9-/m1/s1. The second kappa shape index (κ2) is 4.31. The number of aliphatic imine (C=N–C) groups is 1. The molecule has 0 bridgehead atoms. The number of nitrogens with zero attached hydrogens (tertiary/aromatic N) is 1. The highest BCUT2D eigenvalue weighted by molar-refractivity contribution is 5.82. The van der Waals surface area contributed by atoms with Gasteiger partial charge in [0.05, 0.1) is 13.7 Å². The highest BCUT2D eigenvalue weighted by Gasteiger charge is 2.18. The first-order valence-corrected chi connectivity index (χ1v) is 4.84. The van der Waals surface area contributed by atoms with Gasteiger partial charge in [0.2, 0.25) is 0 Å². The van der Waals surface area contributed by atoms with Gasteiger partial charge in [-0.1, -0.05) is 18.2 Å². The molecule has 4 nitrogen and oxygen atoms in total. The van der Waals surface area contributed by atoms with Gasteiger partial charge in [-0.15, -0.1) is 0 Å². The molecule has 1 atom stereocenters. The summed E-state index contributed by atoms with van der Waals surface area (Å²) in [4.78, 5) is 4.35. The van der Waals surface area contributed by atoms with Crippen molar-refractivity contribution in [1.82, 2.24) is 0 Å². The Morgan fingerprint density at radius 3 is 3.00 bits per heavy atom. The first-order chi connectivity index (χ1) is 7.31. The molecule has 0 fully saturated rings. The Morgan fingerprint density at radius 1 is 1.47 bits per heavy atom. The van der Waals surface area contributed by atoms with Crippen molar-refractivity contribution in [1.29, 1.82) is 0 Å². The monoisotopic (exact) mass is 206 g/mol. The van der Waals surface area contributed by atoms with Crippen LogP contribution in [0.5, 0.6) is 5.75 Å². The lowest BCUT2D eigenvalue weighted by atomic mass is 10.1. The van der Waals surface area contributed by atoms with Crippen molar-refractivity contribution in [3.05, 3.63) is 29.8 Å². The van der Waals surface area contributed by atoms with Crippen molar-refractivity contribution in [3.63, 3.8) is 0 Å². The van der Waals surface area contributed by atoms with Crippen molar-refractivity contribution in [2.24, 2.45) is 10.7 Å². The van der Waals surface area contributed by atoms with E-state index in [0.29, 0.717) is 19.0 Å². The number of para-hydroxylation sites is 1. The number of ether oxygens (including phenoxy) is 2. The first-order valence-electron chi connectivity index (χ1n) is 4.84. The molecule has 0 unspecified atom stereocenters. The normalized spacial score (nSPS) is 20.9. The number of hydrogen-bond acceptors (Lipinski definition) is 4. The molecule has 0 radical (unpaired) electrons. The van der Waals surface area contributed by atoms with Crippen LogP contribution in [0.15, 0.2) is 29.3 Å². The fourth-order valence-electron chi connectivity index (χ4n) is 1.65. The number of rotatable bonds is 2. The smallest absolute Gasteiger partial charge is 0.124 e. The maximum Gasteiger partial charge on any atom is 0.124 e. The van der Waals surface area contributed by atoms with Crippen LogP contribution in [-0.4, -0.2) is 26.2 Å². The van der Waals surface area contributed by atoms with E-state index in [-0.39, 0.29) is 6.04 Å². The van der Waals surface area contributed by atoms with Gasteiger partial charge in [-0.25, -0.2) is 0 Å². The highest BCUT2D eigenvalue weighted by Crippen LogP contribution is 2.28. The lowest BCUT2D eigenvalue weighted by Crippen LogP contribution is -2.27. The molecular formula is C11H14N2O2. The molecule has 15 heavy (non-hydrogen) atoms. The summed E-state index contributed by atoms with van der Waals surface area (Å²) in [7, 11) is 1.65. The molecule has 1 aliphatic rings. The minimum Gasteiger partial charge on any atom is -0.496 e. The molecule has 0 saturated carbocycles. The molecule has 1 aromatic rings. The average Bonchev–Trinajstić information content (AvgIpc) is 2.29. The van der Waals surface area contributed by atoms with Crippen LogP contribution >= 0.6 is 0 Å². The quantitative estimate of drug-likeness (QED) is 0.789. The molecular weight excluding hydrogens is 192 g/mol. The summed E-state index contributed by atoms with van der Waals surface area (Å²) >= 11 is 0. The first kappa shape index (κ1) is 9.98. The van der Waals surface area contributed by atoms with Gasteiger partial charge in [0.1, 0.15) is 24.2 Å². The van der Waals surface area contributed by atoms with Gasteiger partial charge in [0.25, 0.3) is 0 Å². The van der Waals surface area contributed by atoms with Crippen LogP contribution in [-0.2, 0) is 4.74 Å². The summed E-state index contributed by atoms with van der Waals surface area (Å²) in [5.41, 5.74) is 6.65. The Balaban J connectivity index is 2.32. The number of amidine groups is 1. The third kappa shape index (κ3) is 2.10. The largest absolute Gasteiger partial charge is 0.496 e. The minimum absolute atomic E-state index is 0.0464. The Hall–Kier alpha value is -1.55. The average molecular weight is 206 g/mol. The Kier molecular flexibility index (Phi) is 2.87. The summed E-state index contributed by atoms with van der Waals surface area (Å²) in [5, 5.41) is 0. The molecule has 0 aliphatic carbocycles. The third-order valence-electron chi connectivity index (χ3n) is 2.35. The van der Waals surface area contributed by atoms with Crippen LogP contribution in [0.3, 0.4) is 0 Å². The van der Waals surface area contributed by atoms with E-state index in [4.69, 9.17) is 15.2 Å². The summed E-state index contributed by atoms with van der Waals surface area (Å²) in [6, 6.07) is 7.73. The summed E-state index contributed by atoms with van der Waals surface area (Å²) in [6.07, 6.45) is 0. The van der Waals surface area contributed by atoms with Gasteiger partial charge in [-0.3, -0.25) is 4.99 Å². The SMILES string of the molecule is COc1ccccc1[C@H]1COCC(N)=N1. The van der Waals surface area contributed by atoms with E-state index in [1.807, 2.05) is 24.3 Å². The molecule has 1 aliphatic heterocycles. The van der Waals surface area contributed by atoms with Crippen LogP contribution in [0, 0.1) is 0 Å². The fourth-order valence-corrected chi connectivity index (χ4v) is 1.65. The van der Waals surface area contributed by atoms with Crippen molar-refractivity contribution < 1.29 is 9.47 Å². The lowest BCUT2D eigenvalue weighted by Gasteiger charge is -2.20. The topological polar surface area (TPSA) is 56.8 Å². The molecule has 1 aromatic carbocycles. The van der Waals surface area contributed by atoms with Gasteiger partial charge in [-0.05, 0) is 6.07 Å². The van der Waals surface area contributed by atoms with E-state index in [1.165, 1.54) is 0 Å². The van der Waals surface area contributed by atoms with E-state index in [9.17, 15) is 0 Å². The van der Waals surface area contributed by atoms with Crippen molar-refractivity contribution in [3.8, 4) is 5.75 Å². The van der Waals surface area contributed by atoms with E-state index in [1.54, 1.807) is 7.11 Å². The molecule has 2 rings (SSSR count). The Bertz CT molecular complexity index is 377. The van der Waals surface area contributed by atoms with Gasteiger partial charge < -0.3 is 15.2 Å². The third-order valence-corrected chi connectivity index (χ3v) is 2.35. The predicted molar refractivity (Wildman–Crippen MR) is 58.2 cm³/mol. The van der Waals surface area contributed by atoms with Crippen molar-refractivity contribution in [2.75, 3.05) is 20.3 Å². The highest BCUT2D eigenvalue weighted by atomic mass is 16.5. The van der Waals surface area contributed by atoms with E-state index in [0.717, 1.165) is 11.3 Å². The maximum atomic E-state index is 5.64. The fraction of sp³-hybridized carbons (Fsp3) is 0.364. The number of methoxy groups -OCH3 is 1. The molecule has 80 valence electrons. The van der Waals surface area contributed by atoms with Crippen LogP contribution in [0.2, 0.25) is 0 Å². The van der Waals surface area contributed by atoms with Gasteiger partial charge in [0.15, 0.2) is 0 Å². The predicted octanol–water partition coefficient (Wildman–Crippen LogP) is 1.12. The molecule has 1 heterocycles. The molecule has 0 spiro atoms. The van der Waals surface area contributed by atoms with Crippen LogP contribution in [0.1, 0.15) is 11.6 Å². The summed E-state index contributed by atoms with van der Waals surface area (Å²) < 4.78 is 10.6. The lowest BCUT2D eigenvalue weighted by molar-refractivity contribution is 0.142. The zero-order valence-corrected chi connectivity index (χ0v) is 8.64. The Labute approximate surface area is 88.7 Å². The van der Waals surface area contributed by atoms with Gasteiger partial charge >= 0.3 is 0 Å². The van der Waals surface area contributed by atoms with Gasteiger partial charge in [0, 0.05) is 5.56 Å². The van der Waals surface area contributed by atoms with Crippen LogP contribution in [0.25, 0.3) is 0 Å². The number of nitrogens with two attached hydrogens (primary N) is 1. The second-order valence-corrected chi connectivity index (χ2v) is 3.39. The summed E-state index contributed by atoms with van der Waals surface area (Å²) in [6.45, 7) is 0.979. The molecule has 0 aromatic heterocycles. The molecule has 2 N–H and O–H groups in total. The Morgan fingerprint density at radius 2 is 2.27 bits per heavy atom. The zero-order valence-electron chi connectivity index (χ0n) is 8.64. The second-order valence-electron chi connectivity index (χ2n) is 3.39. The van der Waals surface area contributed by atoms with E-state index < -0.39 is 0 Å². The molecule has 0 saturated heterocycles. The van der Waals surface area contributed by atoms with Crippen LogP contribution < -0.4 is 10.5 Å². The van der Waals surface area contributed by atoms with Crippen molar-refractivity contribution in [2.45, 2.75) is 6.04 Å². The molecule has 0 amide bonds. The van der Waals surface area contributed by atoms with Gasteiger partial charge in [-0.2, -0.15) is 0 Å². The van der Waals surface area contributed by atoms with E-state index in [2.05, 4.69) is 4.99 Å². The molecule has 4 heteroatoms. The zero-order chi connectivity index (χ0) is 10.7. The van der Waals surface area contributed by atoms with E-state index >= 15 is 0 Å². The summed E-state index contributed by atoms with van der Waals surface area (Å²) in [5.74, 6) is 1.36. The van der Waals surface area contributed by atoms with Crippen molar-refractivity contribution >= 4 is 5.84 Å². The van der Waals surface area contributed by atoms with Crippen LogP contribution in [0.4, 0.5) is 0 Å². The maximum absolute atomic E-state index is 5.64. The number of benzene rings is 1. The number of hydrogen-bond donors (Lipinski definition) is 1.